The molecule has 0 amide bonds. The quantitative estimate of drug-likeness (QED) is 0.489. The molecule has 26 heavy (non-hydrogen) atoms. The summed E-state index contributed by atoms with van der Waals surface area (Å²) in [5.41, 5.74) is 1.07. The number of methoxy groups -OCH3 is 1. The molecule has 146 valence electrons. The summed E-state index contributed by atoms with van der Waals surface area (Å²) >= 11 is 0. The lowest BCUT2D eigenvalue weighted by Gasteiger charge is -2.27. The normalized spacial score (nSPS) is 20.5. The van der Waals surface area contributed by atoms with Crippen LogP contribution in [0.3, 0.4) is 0 Å². The molecule has 3 N–H and O–H groups in total. The van der Waals surface area contributed by atoms with E-state index in [1.54, 1.807) is 7.11 Å². The standard InChI is InChI=1S/C20H33N3O3/c1-4-12-26-18-11-6-15(13-19(18)25-3)14-22-20(21-5-2)23-16-7-9-17(24)10-8-16/h6,11,13,16-17,24H,4-5,7-10,12,14H2,1-3H3,(H2,21,22,23). The van der Waals surface area contributed by atoms with Gasteiger partial charge in [0, 0.05) is 12.6 Å². The van der Waals surface area contributed by atoms with Crippen LogP contribution in [0.1, 0.15) is 51.5 Å². The predicted molar refractivity (Wildman–Crippen MR) is 105 cm³/mol. The van der Waals surface area contributed by atoms with Crippen LogP contribution in [-0.2, 0) is 6.54 Å². The van der Waals surface area contributed by atoms with Gasteiger partial charge in [-0.1, -0.05) is 13.0 Å². The second-order valence-electron chi connectivity index (χ2n) is 6.68. The first-order valence-corrected chi connectivity index (χ1v) is 9.68. The van der Waals surface area contributed by atoms with E-state index < -0.39 is 0 Å². The molecule has 0 atom stereocenters. The fourth-order valence-electron chi connectivity index (χ4n) is 3.05. The van der Waals surface area contributed by atoms with Gasteiger partial charge in [-0.15, -0.1) is 0 Å². The van der Waals surface area contributed by atoms with Gasteiger partial charge in [0.1, 0.15) is 0 Å². The molecule has 1 saturated carbocycles. The number of benzene rings is 1. The number of hydrogen-bond donors (Lipinski definition) is 3. The lowest BCUT2D eigenvalue weighted by atomic mass is 9.93. The van der Waals surface area contributed by atoms with E-state index in [1.165, 1.54) is 0 Å². The number of rotatable bonds is 8. The van der Waals surface area contributed by atoms with Crippen LogP contribution in [0, 0.1) is 0 Å². The van der Waals surface area contributed by atoms with Crippen LogP contribution in [0.15, 0.2) is 23.2 Å². The molecule has 1 aromatic carbocycles. The van der Waals surface area contributed by atoms with Crippen molar-refractivity contribution in [1.29, 1.82) is 0 Å². The number of aliphatic hydroxyl groups excluding tert-OH is 1. The fraction of sp³-hybridized carbons (Fsp3) is 0.650. The van der Waals surface area contributed by atoms with E-state index >= 15 is 0 Å². The molecule has 1 fully saturated rings. The lowest BCUT2D eigenvalue weighted by Crippen LogP contribution is -2.45. The van der Waals surface area contributed by atoms with Crippen LogP contribution >= 0.6 is 0 Å². The number of aliphatic imine (C=N–C) groups is 1. The topological polar surface area (TPSA) is 75.1 Å². The van der Waals surface area contributed by atoms with Crippen molar-refractivity contribution < 1.29 is 14.6 Å². The second kappa shape index (κ2) is 10.9. The number of nitrogens with one attached hydrogen (secondary N) is 2. The lowest BCUT2D eigenvalue weighted by molar-refractivity contribution is 0.120. The summed E-state index contributed by atoms with van der Waals surface area (Å²) in [6, 6.07) is 6.32. The largest absolute Gasteiger partial charge is 0.493 e. The highest BCUT2D eigenvalue weighted by molar-refractivity contribution is 5.80. The Labute approximate surface area is 157 Å². The Morgan fingerprint density at radius 2 is 1.96 bits per heavy atom. The van der Waals surface area contributed by atoms with Crippen LogP contribution in [0.4, 0.5) is 0 Å². The third-order valence-electron chi connectivity index (χ3n) is 4.49. The maximum absolute atomic E-state index is 9.65. The molecule has 6 nitrogen and oxygen atoms in total. The average molecular weight is 364 g/mol. The molecule has 6 heteroatoms. The van der Waals surface area contributed by atoms with Gasteiger partial charge in [0.15, 0.2) is 17.5 Å². The molecule has 0 saturated heterocycles. The molecule has 1 aliphatic carbocycles. The van der Waals surface area contributed by atoms with Crippen LogP contribution in [0.2, 0.25) is 0 Å². The number of guanidine groups is 1. The fourth-order valence-corrected chi connectivity index (χ4v) is 3.05. The van der Waals surface area contributed by atoms with E-state index in [0.717, 1.165) is 61.7 Å². The zero-order valence-electron chi connectivity index (χ0n) is 16.3. The minimum Gasteiger partial charge on any atom is -0.493 e. The van der Waals surface area contributed by atoms with Gasteiger partial charge < -0.3 is 25.2 Å². The van der Waals surface area contributed by atoms with Gasteiger partial charge in [-0.05, 0) is 56.7 Å². The van der Waals surface area contributed by atoms with Crippen molar-refractivity contribution in [3.05, 3.63) is 23.8 Å². The van der Waals surface area contributed by atoms with Gasteiger partial charge in [0.2, 0.25) is 0 Å². The number of ether oxygens (including phenoxy) is 2. The zero-order valence-corrected chi connectivity index (χ0v) is 16.3. The molecule has 1 aliphatic rings. The van der Waals surface area contributed by atoms with E-state index in [4.69, 9.17) is 14.5 Å². The smallest absolute Gasteiger partial charge is 0.191 e. The molecular weight excluding hydrogens is 330 g/mol. The summed E-state index contributed by atoms with van der Waals surface area (Å²) in [7, 11) is 1.66. The Morgan fingerprint density at radius 1 is 1.19 bits per heavy atom. The molecule has 2 rings (SSSR count). The van der Waals surface area contributed by atoms with Gasteiger partial charge in [-0.3, -0.25) is 0 Å². The maximum Gasteiger partial charge on any atom is 0.191 e. The Morgan fingerprint density at radius 3 is 2.62 bits per heavy atom. The maximum atomic E-state index is 9.65. The summed E-state index contributed by atoms with van der Waals surface area (Å²) in [5, 5.41) is 16.4. The Bertz CT molecular complexity index is 569. The molecule has 1 aromatic rings. The van der Waals surface area contributed by atoms with Crippen molar-refractivity contribution in [1.82, 2.24) is 10.6 Å². The first kappa shape index (κ1) is 20.4. The number of aliphatic hydroxyl groups is 1. The SMILES string of the molecule is CCCOc1ccc(CN=C(NCC)NC2CCC(O)CC2)cc1OC. The van der Waals surface area contributed by atoms with Gasteiger partial charge in [0.05, 0.1) is 26.4 Å². The third kappa shape index (κ3) is 6.41. The van der Waals surface area contributed by atoms with E-state index in [2.05, 4.69) is 24.5 Å². The molecular formula is C20H33N3O3. The van der Waals surface area contributed by atoms with Crippen molar-refractivity contribution in [2.75, 3.05) is 20.3 Å². The molecule has 0 radical (unpaired) electrons. The summed E-state index contributed by atoms with van der Waals surface area (Å²) in [6.45, 7) is 6.20. The van der Waals surface area contributed by atoms with Crippen molar-refractivity contribution in [3.63, 3.8) is 0 Å². The first-order chi connectivity index (χ1) is 12.7. The zero-order chi connectivity index (χ0) is 18.8. The van der Waals surface area contributed by atoms with Crippen molar-refractivity contribution in [2.24, 2.45) is 4.99 Å². The Kier molecular flexibility index (Phi) is 8.54. The Hall–Kier alpha value is -1.95. The number of nitrogens with zero attached hydrogens (tertiary/aromatic N) is 1. The van der Waals surface area contributed by atoms with Gasteiger partial charge in [0.25, 0.3) is 0 Å². The van der Waals surface area contributed by atoms with Crippen molar-refractivity contribution in [3.8, 4) is 11.5 Å². The van der Waals surface area contributed by atoms with Crippen LogP contribution in [-0.4, -0.2) is 43.5 Å². The van der Waals surface area contributed by atoms with Crippen LogP contribution in [0.5, 0.6) is 11.5 Å². The Balaban J connectivity index is 1.99. The van der Waals surface area contributed by atoms with Crippen molar-refractivity contribution >= 4 is 5.96 Å². The molecule has 0 heterocycles. The van der Waals surface area contributed by atoms with Crippen LogP contribution in [0.25, 0.3) is 0 Å². The monoisotopic (exact) mass is 363 g/mol. The van der Waals surface area contributed by atoms with E-state index in [0.29, 0.717) is 19.2 Å². The minimum absolute atomic E-state index is 0.145. The van der Waals surface area contributed by atoms with E-state index in [1.807, 2.05) is 18.2 Å². The number of hydrogen-bond acceptors (Lipinski definition) is 4. The summed E-state index contributed by atoms with van der Waals surface area (Å²) < 4.78 is 11.1. The second-order valence-corrected chi connectivity index (χ2v) is 6.68. The van der Waals surface area contributed by atoms with Crippen molar-refractivity contribution in [2.45, 2.75) is 64.6 Å². The van der Waals surface area contributed by atoms with Gasteiger partial charge >= 0.3 is 0 Å². The van der Waals surface area contributed by atoms with Gasteiger partial charge in [-0.2, -0.15) is 0 Å². The predicted octanol–water partition coefficient (Wildman–Crippen LogP) is 2.84. The van der Waals surface area contributed by atoms with E-state index in [-0.39, 0.29) is 6.10 Å². The summed E-state index contributed by atoms with van der Waals surface area (Å²) in [6.07, 6.45) is 4.48. The van der Waals surface area contributed by atoms with Gasteiger partial charge in [-0.25, -0.2) is 4.99 Å². The van der Waals surface area contributed by atoms with Crippen LogP contribution < -0.4 is 20.1 Å². The average Bonchev–Trinajstić information content (AvgIpc) is 2.66. The molecule has 0 unspecified atom stereocenters. The highest BCUT2D eigenvalue weighted by Gasteiger charge is 2.19. The molecule has 0 aromatic heterocycles. The molecule has 0 aliphatic heterocycles. The minimum atomic E-state index is -0.145. The molecule has 0 bridgehead atoms. The molecule has 0 spiro atoms. The first-order valence-electron chi connectivity index (χ1n) is 9.68. The highest BCUT2D eigenvalue weighted by Crippen LogP contribution is 2.28. The summed E-state index contributed by atoms with van der Waals surface area (Å²) in [5.74, 6) is 2.33. The third-order valence-corrected chi connectivity index (χ3v) is 4.49. The summed E-state index contributed by atoms with van der Waals surface area (Å²) in [4.78, 5) is 4.70. The van der Waals surface area contributed by atoms with E-state index in [9.17, 15) is 5.11 Å². The highest BCUT2D eigenvalue weighted by atomic mass is 16.5.